The normalized spacial score (nSPS) is 36.3. The Morgan fingerprint density at radius 2 is 1.60 bits per heavy atom. The van der Waals surface area contributed by atoms with Crippen molar-refractivity contribution in [3.8, 4) is 0 Å². The van der Waals surface area contributed by atoms with E-state index in [0.29, 0.717) is 31.3 Å². The molecule has 0 aromatic carbocycles. The van der Waals surface area contributed by atoms with Crippen LogP contribution in [0.1, 0.15) is 79.1 Å². The molecule has 4 aliphatic carbocycles. The summed E-state index contributed by atoms with van der Waals surface area (Å²) in [4.78, 5) is 24.3. The summed E-state index contributed by atoms with van der Waals surface area (Å²) in [6, 6.07) is 0. The van der Waals surface area contributed by atoms with Crippen LogP contribution in [0, 0.1) is 29.1 Å². The maximum Gasteiger partial charge on any atom is 0.311 e. The van der Waals surface area contributed by atoms with Crippen molar-refractivity contribution in [2.24, 2.45) is 29.1 Å². The van der Waals surface area contributed by atoms with Crippen LogP contribution in [0.5, 0.6) is 0 Å². The minimum Gasteiger partial charge on any atom is -0.465 e. The Morgan fingerprint density at radius 1 is 1.04 bits per heavy atom. The third-order valence-corrected chi connectivity index (χ3v) is 7.29. The number of rotatable bonds is 7. The van der Waals surface area contributed by atoms with Crippen molar-refractivity contribution < 1.29 is 19.1 Å². The van der Waals surface area contributed by atoms with Gasteiger partial charge in [-0.25, -0.2) is 0 Å². The van der Waals surface area contributed by atoms with Gasteiger partial charge in [0.1, 0.15) is 5.60 Å². The molecule has 4 rings (SSSR count). The minimum atomic E-state index is -0.450. The van der Waals surface area contributed by atoms with Gasteiger partial charge in [0, 0.05) is 6.42 Å². The summed E-state index contributed by atoms with van der Waals surface area (Å²) in [5.41, 5.74) is -0.709. The summed E-state index contributed by atoms with van der Waals surface area (Å²) >= 11 is 0. The molecule has 4 aliphatic rings. The number of hydrogen-bond acceptors (Lipinski definition) is 4. The zero-order valence-electron chi connectivity index (χ0n) is 16.3. The maximum absolute atomic E-state index is 12.4. The molecule has 4 saturated carbocycles. The van der Waals surface area contributed by atoms with Gasteiger partial charge in [0.15, 0.2) is 0 Å². The van der Waals surface area contributed by atoms with E-state index < -0.39 is 5.41 Å². The van der Waals surface area contributed by atoms with Gasteiger partial charge in [-0.2, -0.15) is 0 Å². The Kier molecular flexibility index (Phi) is 5.18. The van der Waals surface area contributed by atoms with E-state index >= 15 is 0 Å². The molecule has 0 radical (unpaired) electrons. The lowest BCUT2D eigenvalue weighted by Crippen LogP contribution is -2.58. The van der Waals surface area contributed by atoms with Crippen molar-refractivity contribution in [1.29, 1.82) is 0 Å². The molecule has 0 atom stereocenters. The average molecular weight is 350 g/mol. The van der Waals surface area contributed by atoms with E-state index in [2.05, 4.69) is 6.92 Å². The Hall–Kier alpha value is -1.06. The third-order valence-electron chi connectivity index (χ3n) is 7.29. The highest BCUT2D eigenvalue weighted by molar-refractivity contribution is 5.75. The molecule has 0 aromatic heterocycles. The van der Waals surface area contributed by atoms with Crippen LogP contribution in [0.25, 0.3) is 0 Å². The summed E-state index contributed by atoms with van der Waals surface area (Å²) in [5, 5.41) is 0. The van der Waals surface area contributed by atoms with Crippen LogP contribution in [0.4, 0.5) is 0 Å². The van der Waals surface area contributed by atoms with E-state index in [1.807, 2.05) is 20.8 Å². The highest BCUT2D eigenvalue weighted by atomic mass is 16.6. The molecular weight excluding hydrogens is 316 g/mol. The van der Waals surface area contributed by atoms with Gasteiger partial charge in [-0.15, -0.1) is 0 Å². The molecule has 0 unspecified atom stereocenters. The lowest BCUT2D eigenvalue weighted by Gasteiger charge is -2.59. The van der Waals surface area contributed by atoms with Gasteiger partial charge in [0.2, 0.25) is 0 Å². The third kappa shape index (κ3) is 3.73. The van der Waals surface area contributed by atoms with Crippen molar-refractivity contribution in [1.82, 2.24) is 0 Å². The first-order valence-electron chi connectivity index (χ1n) is 10.1. The van der Waals surface area contributed by atoms with Gasteiger partial charge in [0.25, 0.3) is 0 Å². The van der Waals surface area contributed by atoms with E-state index in [1.54, 1.807) is 0 Å². The van der Waals surface area contributed by atoms with Crippen LogP contribution in [0.2, 0.25) is 0 Å². The van der Waals surface area contributed by atoms with E-state index in [9.17, 15) is 9.59 Å². The largest absolute Gasteiger partial charge is 0.465 e. The fourth-order valence-electron chi connectivity index (χ4n) is 5.30. The SMILES string of the molecule is CCC(C)(C)C(=O)OCCCC(=O)OC1(C)C2CC3CC(C2)CC1C3. The smallest absolute Gasteiger partial charge is 0.311 e. The van der Waals surface area contributed by atoms with Crippen LogP contribution >= 0.6 is 0 Å². The van der Waals surface area contributed by atoms with Crippen LogP contribution < -0.4 is 0 Å². The van der Waals surface area contributed by atoms with E-state index in [1.165, 1.54) is 32.1 Å². The Labute approximate surface area is 152 Å². The molecule has 0 saturated heterocycles. The summed E-state index contributed by atoms with van der Waals surface area (Å²) in [6.07, 6.45) is 7.97. The Morgan fingerprint density at radius 3 is 2.12 bits per heavy atom. The lowest BCUT2D eigenvalue weighted by molar-refractivity contribution is -0.203. The Balaban J connectivity index is 1.43. The van der Waals surface area contributed by atoms with Crippen molar-refractivity contribution in [3.05, 3.63) is 0 Å². The van der Waals surface area contributed by atoms with Gasteiger partial charge in [0.05, 0.1) is 12.0 Å². The number of carbonyl (C=O) groups excluding carboxylic acids is 2. The zero-order valence-corrected chi connectivity index (χ0v) is 16.3. The highest BCUT2D eigenvalue weighted by Gasteiger charge is 2.56. The molecule has 0 spiro atoms. The quantitative estimate of drug-likeness (QED) is 0.501. The first-order valence-corrected chi connectivity index (χ1v) is 10.1. The lowest BCUT2D eigenvalue weighted by atomic mass is 9.50. The second-order valence-electron chi connectivity index (χ2n) is 9.44. The standard InChI is InChI=1S/C21H34O4/c1-5-20(2,3)19(23)24-8-6-7-18(22)25-21(4)16-10-14-9-15(12-16)13-17(21)11-14/h14-17H,5-13H2,1-4H3. The predicted octanol–water partition coefficient (Wildman–Crippen LogP) is 4.50. The Bertz CT molecular complexity index is 494. The second-order valence-corrected chi connectivity index (χ2v) is 9.44. The molecule has 0 heterocycles. The topological polar surface area (TPSA) is 52.6 Å². The molecule has 0 amide bonds. The summed E-state index contributed by atoms with van der Waals surface area (Å²) in [7, 11) is 0. The number of hydrogen-bond donors (Lipinski definition) is 0. The monoisotopic (exact) mass is 350 g/mol. The van der Waals surface area contributed by atoms with Crippen molar-refractivity contribution in [3.63, 3.8) is 0 Å². The van der Waals surface area contributed by atoms with Crippen LogP contribution in [-0.2, 0) is 19.1 Å². The molecule has 0 aliphatic heterocycles. The highest BCUT2D eigenvalue weighted by Crippen LogP contribution is 2.59. The fraction of sp³-hybridized carbons (Fsp3) is 0.905. The van der Waals surface area contributed by atoms with E-state index in [4.69, 9.17) is 9.47 Å². The van der Waals surface area contributed by atoms with E-state index in [-0.39, 0.29) is 17.5 Å². The summed E-state index contributed by atoms with van der Waals surface area (Å²) in [5.74, 6) is 2.54. The summed E-state index contributed by atoms with van der Waals surface area (Å²) < 4.78 is 11.3. The molecule has 25 heavy (non-hydrogen) atoms. The van der Waals surface area contributed by atoms with E-state index in [0.717, 1.165) is 18.3 Å². The molecule has 0 aromatic rings. The number of ether oxygens (including phenoxy) is 2. The van der Waals surface area contributed by atoms with Crippen molar-refractivity contribution >= 4 is 11.9 Å². The number of esters is 2. The van der Waals surface area contributed by atoms with Gasteiger partial charge in [-0.1, -0.05) is 6.92 Å². The first kappa shape index (κ1) is 18.7. The average Bonchev–Trinajstić information content (AvgIpc) is 2.56. The van der Waals surface area contributed by atoms with Gasteiger partial charge >= 0.3 is 11.9 Å². The molecular formula is C21H34O4. The summed E-state index contributed by atoms with van der Waals surface area (Å²) in [6.45, 7) is 8.21. The zero-order chi connectivity index (χ0) is 18.2. The first-order chi connectivity index (χ1) is 11.7. The van der Waals surface area contributed by atoms with Gasteiger partial charge < -0.3 is 9.47 Å². The minimum absolute atomic E-state index is 0.124. The molecule has 142 valence electrons. The number of carbonyl (C=O) groups is 2. The van der Waals surface area contributed by atoms with Gasteiger partial charge in [-0.05, 0) is 89.4 Å². The fourth-order valence-corrected chi connectivity index (χ4v) is 5.30. The van der Waals surface area contributed by atoms with Crippen LogP contribution in [0.3, 0.4) is 0 Å². The molecule has 4 fully saturated rings. The van der Waals surface area contributed by atoms with Crippen LogP contribution in [-0.4, -0.2) is 24.1 Å². The second kappa shape index (κ2) is 6.92. The maximum atomic E-state index is 12.4. The molecule has 0 N–H and O–H groups in total. The molecule has 4 nitrogen and oxygen atoms in total. The van der Waals surface area contributed by atoms with Gasteiger partial charge in [-0.3, -0.25) is 9.59 Å². The van der Waals surface area contributed by atoms with Crippen molar-refractivity contribution in [2.45, 2.75) is 84.7 Å². The van der Waals surface area contributed by atoms with Crippen LogP contribution in [0.15, 0.2) is 0 Å². The van der Waals surface area contributed by atoms with Crippen molar-refractivity contribution in [2.75, 3.05) is 6.61 Å². The molecule has 4 heteroatoms. The predicted molar refractivity (Wildman–Crippen MR) is 95.8 cm³/mol. The molecule has 4 bridgehead atoms.